The van der Waals surface area contributed by atoms with E-state index in [4.69, 9.17) is 4.74 Å². The molecule has 0 radical (unpaired) electrons. The monoisotopic (exact) mass is 303 g/mol. The summed E-state index contributed by atoms with van der Waals surface area (Å²) >= 11 is 0. The molecule has 0 spiro atoms. The van der Waals surface area contributed by atoms with Gasteiger partial charge in [-0.25, -0.2) is 0 Å². The summed E-state index contributed by atoms with van der Waals surface area (Å²) in [6.07, 6.45) is 1.24. The van der Waals surface area contributed by atoms with Crippen LogP contribution in [0.1, 0.15) is 24.1 Å². The summed E-state index contributed by atoms with van der Waals surface area (Å²) in [5, 5.41) is 6.54. The molecule has 5 heteroatoms. The number of nitrogens with one attached hydrogen (secondary N) is 2. The Morgan fingerprint density at radius 1 is 1.23 bits per heavy atom. The van der Waals surface area contributed by atoms with Gasteiger partial charge in [-0.2, -0.15) is 0 Å². The highest BCUT2D eigenvalue weighted by Gasteiger charge is 2.29. The number of rotatable bonds is 5. The number of ether oxygens (including phenoxy) is 1. The van der Waals surface area contributed by atoms with Crippen LogP contribution in [0, 0.1) is 0 Å². The molecular weight excluding hydrogens is 278 g/mol. The van der Waals surface area contributed by atoms with Crippen molar-refractivity contribution in [1.29, 1.82) is 0 Å². The Balaban J connectivity index is 1.65. The Morgan fingerprint density at radius 3 is 2.64 bits per heavy atom. The number of benzene rings is 1. The molecule has 2 heterocycles. The van der Waals surface area contributed by atoms with E-state index in [0.29, 0.717) is 0 Å². The van der Waals surface area contributed by atoms with Gasteiger partial charge >= 0.3 is 0 Å². The van der Waals surface area contributed by atoms with Crippen molar-refractivity contribution >= 4 is 5.91 Å². The molecule has 120 valence electrons. The molecule has 2 saturated heterocycles. The maximum absolute atomic E-state index is 12.5. The van der Waals surface area contributed by atoms with Crippen LogP contribution < -0.4 is 10.6 Å². The molecule has 1 aromatic carbocycles. The lowest BCUT2D eigenvalue weighted by Gasteiger charge is -2.37. The highest BCUT2D eigenvalue weighted by Crippen LogP contribution is 2.23. The normalized spacial score (nSPS) is 22.4. The molecule has 0 aromatic heterocycles. The summed E-state index contributed by atoms with van der Waals surface area (Å²) < 4.78 is 5.64. The van der Waals surface area contributed by atoms with Crippen molar-refractivity contribution in [3.05, 3.63) is 35.4 Å². The highest BCUT2D eigenvalue weighted by atomic mass is 16.5. The maximum Gasteiger partial charge on any atom is 0.249 e. The van der Waals surface area contributed by atoms with Gasteiger partial charge < -0.3 is 20.3 Å². The third kappa shape index (κ3) is 3.48. The second-order valence-electron chi connectivity index (χ2n) is 5.99. The van der Waals surface area contributed by atoms with E-state index in [1.807, 2.05) is 4.90 Å². The minimum atomic E-state index is 0.0953. The zero-order valence-electron chi connectivity index (χ0n) is 13.2. The van der Waals surface area contributed by atoms with Crippen LogP contribution in [0.3, 0.4) is 0 Å². The number of amides is 1. The van der Waals surface area contributed by atoms with Crippen molar-refractivity contribution in [2.24, 2.45) is 0 Å². The second kappa shape index (κ2) is 7.22. The van der Waals surface area contributed by atoms with Gasteiger partial charge in [0, 0.05) is 32.7 Å². The first kappa shape index (κ1) is 15.5. The molecule has 2 aliphatic rings. The van der Waals surface area contributed by atoms with E-state index in [0.717, 1.165) is 39.1 Å². The van der Waals surface area contributed by atoms with E-state index in [9.17, 15) is 4.79 Å². The predicted molar refractivity (Wildman–Crippen MR) is 85.8 cm³/mol. The number of hydrogen-bond acceptors (Lipinski definition) is 4. The summed E-state index contributed by atoms with van der Waals surface area (Å²) in [6, 6.07) is 8.71. The SMILES string of the molecule is CCc1ccc(C2CNCCN2C(=O)COC2CNC2)cc1. The molecule has 1 unspecified atom stereocenters. The molecule has 1 atom stereocenters. The minimum Gasteiger partial charge on any atom is -0.366 e. The zero-order chi connectivity index (χ0) is 15.4. The molecule has 3 rings (SSSR count). The second-order valence-corrected chi connectivity index (χ2v) is 5.99. The van der Waals surface area contributed by atoms with Crippen molar-refractivity contribution in [1.82, 2.24) is 15.5 Å². The number of piperazine rings is 1. The zero-order valence-corrected chi connectivity index (χ0v) is 13.2. The van der Waals surface area contributed by atoms with E-state index in [1.54, 1.807) is 0 Å². The molecule has 0 aliphatic carbocycles. The van der Waals surface area contributed by atoms with Crippen LogP contribution in [0.15, 0.2) is 24.3 Å². The molecule has 0 saturated carbocycles. The Morgan fingerprint density at radius 2 is 2.00 bits per heavy atom. The fraction of sp³-hybridized carbons (Fsp3) is 0.588. The molecule has 2 aliphatic heterocycles. The van der Waals surface area contributed by atoms with Gasteiger partial charge in [-0.05, 0) is 17.5 Å². The maximum atomic E-state index is 12.5. The lowest BCUT2D eigenvalue weighted by atomic mass is 10.0. The first-order valence-corrected chi connectivity index (χ1v) is 8.19. The van der Waals surface area contributed by atoms with Crippen LogP contribution in [0.5, 0.6) is 0 Å². The lowest BCUT2D eigenvalue weighted by molar-refractivity contribution is -0.142. The van der Waals surface area contributed by atoms with Crippen LogP contribution in [-0.4, -0.2) is 56.2 Å². The van der Waals surface area contributed by atoms with Gasteiger partial charge in [0.05, 0.1) is 12.1 Å². The summed E-state index contributed by atoms with van der Waals surface area (Å²) in [5.41, 5.74) is 2.52. The fourth-order valence-electron chi connectivity index (χ4n) is 2.93. The standard InChI is InChI=1S/C17H25N3O2/c1-2-13-3-5-14(6-4-13)16-11-18-7-8-20(16)17(21)12-22-15-9-19-10-15/h3-6,15-16,18-19H,2,7-12H2,1H3. The van der Waals surface area contributed by atoms with Gasteiger partial charge in [0.15, 0.2) is 0 Å². The molecule has 22 heavy (non-hydrogen) atoms. The number of hydrogen-bond donors (Lipinski definition) is 2. The van der Waals surface area contributed by atoms with Crippen molar-refractivity contribution in [3.8, 4) is 0 Å². The average molecular weight is 303 g/mol. The summed E-state index contributed by atoms with van der Waals surface area (Å²) in [7, 11) is 0. The fourth-order valence-corrected chi connectivity index (χ4v) is 2.93. The van der Waals surface area contributed by atoms with E-state index >= 15 is 0 Å². The number of carbonyl (C=O) groups is 1. The Labute approximate surface area is 132 Å². The van der Waals surface area contributed by atoms with Crippen LogP contribution >= 0.6 is 0 Å². The van der Waals surface area contributed by atoms with Gasteiger partial charge in [0.25, 0.3) is 0 Å². The summed E-state index contributed by atoms with van der Waals surface area (Å²) in [5.74, 6) is 0.0953. The van der Waals surface area contributed by atoms with Crippen molar-refractivity contribution in [3.63, 3.8) is 0 Å². The number of aryl methyl sites for hydroxylation is 1. The minimum absolute atomic E-state index is 0.0953. The van der Waals surface area contributed by atoms with E-state index in [2.05, 4.69) is 41.8 Å². The van der Waals surface area contributed by atoms with Crippen molar-refractivity contribution in [2.45, 2.75) is 25.5 Å². The molecule has 2 N–H and O–H groups in total. The van der Waals surface area contributed by atoms with E-state index < -0.39 is 0 Å². The molecule has 1 aromatic rings. The molecular formula is C17H25N3O2. The summed E-state index contributed by atoms with van der Waals surface area (Å²) in [4.78, 5) is 14.5. The van der Waals surface area contributed by atoms with Crippen molar-refractivity contribution in [2.75, 3.05) is 39.3 Å². The third-order valence-corrected chi connectivity index (χ3v) is 4.52. The molecule has 1 amide bonds. The first-order valence-electron chi connectivity index (χ1n) is 8.19. The molecule has 5 nitrogen and oxygen atoms in total. The van der Waals surface area contributed by atoms with Crippen LogP contribution in [-0.2, 0) is 16.0 Å². The smallest absolute Gasteiger partial charge is 0.249 e. The first-order chi connectivity index (χ1) is 10.8. The summed E-state index contributed by atoms with van der Waals surface area (Å²) in [6.45, 7) is 6.46. The molecule has 0 bridgehead atoms. The van der Waals surface area contributed by atoms with Crippen molar-refractivity contribution < 1.29 is 9.53 Å². The van der Waals surface area contributed by atoms with Gasteiger partial charge in [-0.1, -0.05) is 31.2 Å². The number of carbonyl (C=O) groups excluding carboxylic acids is 1. The quantitative estimate of drug-likeness (QED) is 0.841. The van der Waals surface area contributed by atoms with Gasteiger partial charge in [0.1, 0.15) is 6.61 Å². The van der Waals surface area contributed by atoms with E-state index in [1.165, 1.54) is 11.1 Å². The third-order valence-electron chi connectivity index (χ3n) is 4.52. The lowest BCUT2D eigenvalue weighted by Crippen LogP contribution is -2.52. The average Bonchev–Trinajstić information content (AvgIpc) is 2.53. The Bertz CT molecular complexity index is 499. The van der Waals surface area contributed by atoms with E-state index in [-0.39, 0.29) is 24.7 Å². The van der Waals surface area contributed by atoms with Gasteiger partial charge in [-0.15, -0.1) is 0 Å². The topological polar surface area (TPSA) is 53.6 Å². The van der Waals surface area contributed by atoms with Crippen LogP contribution in [0.25, 0.3) is 0 Å². The van der Waals surface area contributed by atoms with Crippen LogP contribution in [0.2, 0.25) is 0 Å². The van der Waals surface area contributed by atoms with Crippen LogP contribution in [0.4, 0.5) is 0 Å². The van der Waals surface area contributed by atoms with Gasteiger partial charge in [-0.3, -0.25) is 4.79 Å². The number of nitrogens with zero attached hydrogens (tertiary/aromatic N) is 1. The van der Waals surface area contributed by atoms with Gasteiger partial charge in [0.2, 0.25) is 5.91 Å². The molecule has 2 fully saturated rings. The predicted octanol–water partition coefficient (Wildman–Crippen LogP) is 0.710. The largest absolute Gasteiger partial charge is 0.366 e. The Hall–Kier alpha value is -1.43. The highest BCUT2D eigenvalue weighted by molar-refractivity contribution is 5.78. The Kier molecular flexibility index (Phi) is 5.08.